The molecule has 3 rings (SSSR count). The molecule has 0 spiro atoms. The van der Waals surface area contributed by atoms with Crippen LogP contribution in [0.3, 0.4) is 0 Å². The molecule has 2 aromatic carbocycles. The number of hydrogen-bond donors (Lipinski definition) is 1. The quantitative estimate of drug-likeness (QED) is 0.447. The summed E-state index contributed by atoms with van der Waals surface area (Å²) in [5.74, 6) is -0.321. The third-order valence-electron chi connectivity index (χ3n) is 3.96. The fourth-order valence-corrected chi connectivity index (χ4v) is 3.50. The van der Waals surface area contributed by atoms with E-state index in [1.807, 2.05) is 0 Å². The van der Waals surface area contributed by atoms with Crippen molar-refractivity contribution in [3.8, 4) is 5.75 Å². The van der Waals surface area contributed by atoms with Crippen molar-refractivity contribution in [2.75, 3.05) is 7.11 Å². The van der Waals surface area contributed by atoms with E-state index in [-0.39, 0.29) is 5.75 Å². The second kappa shape index (κ2) is 8.62. The molecule has 1 heterocycles. The number of halogens is 2. The molecular formula is C19H15BrClN3O5. The first-order chi connectivity index (χ1) is 13.8. The predicted octanol–water partition coefficient (Wildman–Crippen LogP) is 2.93. The van der Waals surface area contributed by atoms with Crippen LogP contribution in [-0.4, -0.2) is 35.1 Å². The minimum absolute atomic E-state index is 0.251. The van der Waals surface area contributed by atoms with Crippen LogP contribution in [0.25, 0.3) is 10.9 Å². The molecule has 0 fully saturated rings. The van der Waals surface area contributed by atoms with Crippen molar-refractivity contribution >= 4 is 50.6 Å². The molecule has 0 aliphatic rings. The molecule has 8 nitrogen and oxygen atoms in total. The highest BCUT2D eigenvalue weighted by molar-refractivity contribution is 9.10. The van der Waals surface area contributed by atoms with Crippen LogP contribution in [0.4, 0.5) is 0 Å². The number of benzene rings is 2. The van der Waals surface area contributed by atoms with Crippen molar-refractivity contribution in [3.63, 3.8) is 0 Å². The van der Waals surface area contributed by atoms with Gasteiger partial charge in [-0.1, -0.05) is 23.7 Å². The van der Waals surface area contributed by atoms with Crippen LogP contribution in [0, 0.1) is 0 Å². The zero-order valence-corrected chi connectivity index (χ0v) is 17.7. The highest BCUT2D eigenvalue weighted by atomic mass is 79.9. The maximum atomic E-state index is 12.6. The minimum Gasteiger partial charge on any atom is -0.477 e. The normalized spacial score (nSPS) is 12.3. The van der Waals surface area contributed by atoms with Crippen LogP contribution < -0.4 is 16.0 Å². The summed E-state index contributed by atoms with van der Waals surface area (Å²) in [4.78, 5) is 39.1. The minimum atomic E-state index is -0.906. The van der Waals surface area contributed by atoms with E-state index in [0.29, 0.717) is 30.6 Å². The summed E-state index contributed by atoms with van der Waals surface area (Å²) >= 11 is 9.42. The molecule has 0 saturated carbocycles. The van der Waals surface area contributed by atoms with Crippen LogP contribution in [0.5, 0.6) is 5.75 Å². The second-order valence-electron chi connectivity index (χ2n) is 5.93. The number of H-pyrrole nitrogens is 1. The number of aromatic nitrogens is 2. The highest BCUT2D eigenvalue weighted by Crippen LogP contribution is 2.32. The summed E-state index contributed by atoms with van der Waals surface area (Å²) in [6, 6.07) is 9.70. The van der Waals surface area contributed by atoms with Crippen molar-refractivity contribution in [2.45, 2.75) is 13.0 Å². The van der Waals surface area contributed by atoms with Gasteiger partial charge in [-0.3, -0.25) is 4.79 Å². The van der Waals surface area contributed by atoms with E-state index < -0.39 is 23.3 Å². The zero-order valence-electron chi connectivity index (χ0n) is 15.3. The van der Waals surface area contributed by atoms with Crippen LogP contribution in [-0.2, 0) is 9.53 Å². The average molecular weight is 481 g/mol. The Balaban J connectivity index is 2.08. The van der Waals surface area contributed by atoms with Crippen molar-refractivity contribution in [1.82, 2.24) is 9.66 Å². The summed E-state index contributed by atoms with van der Waals surface area (Å²) in [5, 5.41) is 4.67. The van der Waals surface area contributed by atoms with Crippen molar-refractivity contribution in [1.29, 1.82) is 0 Å². The highest BCUT2D eigenvalue weighted by Gasteiger charge is 2.19. The number of methoxy groups -OCH3 is 1. The van der Waals surface area contributed by atoms with E-state index in [0.717, 1.165) is 0 Å². The summed E-state index contributed by atoms with van der Waals surface area (Å²) < 4.78 is 11.5. The lowest BCUT2D eigenvalue weighted by atomic mass is 10.2. The molecule has 150 valence electrons. The SMILES string of the molecule is COC(=O)[C@@H](C)Oc1c(Br)cc(Cl)cc1C=Nn1c(=O)[nH]c2ccccc2c1=O. The molecular weight excluding hydrogens is 466 g/mol. The molecule has 10 heteroatoms. The van der Waals surface area contributed by atoms with Crippen LogP contribution in [0.1, 0.15) is 12.5 Å². The smallest absolute Gasteiger partial charge is 0.349 e. The van der Waals surface area contributed by atoms with Gasteiger partial charge in [-0.25, -0.2) is 9.59 Å². The third-order valence-corrected chi connectivity index (χ3v) is 4.77. The molecule has 0 amide bonds. The van der Waals surface area contributed by atoms with Gasteiger partial charge in [0.2, 0.25) is 0 Å². The number of rotatable bonds is 5. The summed E-state index contributed by atoms with van der Waals surface area (Å²) in [7, 11) is 1.25. The fraction of sp³-hybridized carbons (Fsp3) is 0.158. The fourth-order valence-electron chi connectivity index (χ4n) is 2.57. The molecule has 0 saturated heterocycles. The number of fused-ring (bicyclic) bond motifs is 1. The number of hydrogen-bond acceptors (Lipinski definition) is 6. The molecule has 1 aromatic heterocycles. The van der Waals surface area contributed by atoms with E-state index in [4.69, 9.17) is 16.3 Å². The van der Waals surface area contributed by atoms with Gasteiger partial charge in [0, 0.05) is 10.6 Å². The van der Waals surface area contributed by atoms with Crippen LogP contribution >= 0.6 is 27.5 Å². The molecule has 0 radical (unpaired) electrons. The van der Waals surface area contributed by atoms with Gasteiger partial charge in [0.15, 0.2) is 6.10 Å². The Kier molecular flexibility index (Phi) is 6.19. The molecule has 0 unspecified atom stereocenters. The Labute approximate surface area is 177 Å². The number of nitrogens with one attached hydrogen (secondary N) is 1. The standard InChI is InChI=1S/C19H15BrClN3O5/c1-10(18(26)28-2)29-16-11(7-12(21)8-14(16)20)9-22-24-17(25)13-5-3-4-6-15(13)23-19(24)27/h3-10H,1-2H3,(H,23,27)/t10-/m1/s1. The zero-order chi connectivity index (χ0) is 21.1. The van der Waals surface area contributed by atoms with Gasteiger partial charge >= 0.3 is 11.7 Å². The van der Waals surface area contributed by atoms with Crippen molar-refractivity contribution in [2.24, 2.45) is 5.10 Å². The first-order valence-electron chi connectivity index (χ1n) is 8.33. The monoisotopic (exact) mass is 479 g/mol. The van der Waals surface area contributed by atoms with E-state index in [9.17, 15) is 14.4 Å². The Morgan fingerprint density at radius 1 is 1.31 bits per heavy atom. The number of ether oxygens (including phenoxy) is 2. The van der Waals surface area contributed by atoms with E-state index in [1.54, 1.807) is 30.3 Å². The largest absolute Gasteiger partial charge is 0.477 e. The average Bonchev–Trinajstić information content (AvgIpc) is 2.69. The number of nitrogens with zero attached hydrogens (tertiary/aromatic N) is 2. The van der Waals surface area contributed by atoms with Crippen LogP contribution in [0.15, 0.2) is 55.6 Å². The predicted molar refractivity (Wildman–Crippen MR) is 113 cm³/mol. The summed E-state index contributed by atoms with van der Waals surface area (Å²) in [5.41, 5.74) is -0.515. The Morgan fingerprint density at radius 3 is 2.76 bits per heavy atom. The van der Waals surface area contributed by atoms with Gasteiger partial charge in [0.25, 0.3) is 5.56 Å². The lowest BCUT2D eigenvalue weighted by molar-refractivity contribution is -0.147. The van der Waals surface area contributed by atoms with Gasteiger partial charge in [-0.05, 0) is 47.1 Å². The number of aromatic amines is 1. The number of carbonyl (C=O) groups excluding carboxylic acids is 1. The lowest BCUT2D eigenvalue weighted by Gasteiger charge is -2.16. The Bertz CT molecular complexity index is 1230. The van der Waals surface area contributed by atoms with Gasteiger partial charge in [0.05, 0.1) is 28.7 Å². The number of esters is 1. The lowest BCUT2D eigenvalue weighted by Crippen LogP contribution is -2.32. The molecule has 0 aliphatic heterocycles. The summed E-state index contributed by atoms with van der Waals surface area (Å²) in [6.45, 7) is 1.52. The topological polar surface area (TPSA) is 103 Å². The van der Waals surface area contributed by atoms with Gasteiger partial charge in [-0.2, -0.15) is 5.10 Å². The maximum Gasteiger partial charge on any atom is 0.349 e. The van der Waals surface area contributed by atoms with Gasteiger partial charge in [-0.15, -0.1) is 4.68 Å². The molecule has 1 N–H and O–H groups in total. The molecule has 0 aliphatic carbocycles. The van der Waals surface area contributed by atoms with Gasteiger partial charge in [0.1, 0.15) is 5.75 Å². The Hall–Kier alpha value is -2.91. The molecule has 29 heavy (non-hydrogen) atoms. The first-order valence-corrected chi connectivity index (χ1v) is 9.51. The molecule has 1 atom stereocenters. The summed E-state index contributed by atoms with van der Waals surface area (Å²) in [6.07, 6.45) is 0.345. The molecule has 3 aromatic rings. The molecule has 0 bridgehead atoms. The van der Waals surface area contributed by atoms with Gasteiger partial charge < -0.3 is 14.5 Å². The number of para-hydroxylation sites is 1. The maximum absolute atomic E-state index is 12.6. The Morgan fingerprint density at radius 2 is 2.03 bits per heavy atom. The van der Waals surface area contributed by atoms with Crippen LogP contribution in [0.2, 0.25) is 5.02 Å². The second-order valence-corrected chi connectivity index (χ2v) is 7.22. The number of carbonyl (C=O) groups is 1. The van der Waals surface area contributed by atoms with Crippen molar-refractivity contribution < 1.29 is 14.3 Å². The van der Waals surface area contributed by atoms with Crippen molar-refractivity contribution in [3.05, 3.63) is 72.3 Å². The van der Waals surface area contributed by atoms with E-state index in [1.165, 1.54) is 26.3 Å². The first kappa shape index (κ1) is 20.8. The third kappa shape index (κ3) is 4.41. The van der Waals surface area contributed by atoms with E-state index in [2.05, 4.69) is 30.8 Å². The van der Waals surface area contributed by atoms with E-state index >= 15 is 0 Å².